The number of aromatic hydroxyl groups is 1. The van der Waals surface area contributed by atoms with Gasteiger partial charge >= 0.3 is 0 Å². The summed E-state index contributed by atoms with van der Waals surface area (Å²) in [6.07, 6.45) is 1.77. The number of aromatic amines is 1. The molecule has 2 rings (SSSR count). The molecule has 0 radical (unpaired) electrons. The zero-order valence-corrected chi connectivity index (χ0v) is 13.7. The highest BCUT2D eigenvalue weighted by atomic mass is 127. The fourth-order valence-electron chi connectivity index (χ4n) is 1.70. The molecule has 0 aliphatic heterocycles. The van der Waals surface area contributed by atoms with E-state index in [9.17, 15) is 9.90 Å². The number of thioether (sulfide) groups is 1. The van der Waals surface area contributed by atoms with Crippen molar-refractivity contribution < 1.29 is 5.11 Å². The van der Waals surface area contributed by atoms with Crippen LogP contribution in [0.1, 0.15) is 11.1 Å². The van der Waals surface area contributed by atoms with Crippen molar-refractivity contribution in [1.29, 1.82) is 5.26 Å². The van der Waals surface area contributed by atoms with Crippen molar-refractivity contribution in [3.63, 3.8) is 0 Å². The van der Waals surface area contributed by atoms with Gasteiger partial charge in [0.1, 0.15) is 23.1 Å². The zero-order valence-electron chi connectivity index (χ0n) is 10.7. The van der Waals surface area contributed by atoms with Crippen molar-refractivity contribution in [2.45, 2.75) is 12.1 Å². The number of aromatic nitrogens is 2. The Morgan fingerprint density at radius 3 is 2.80 bits per heavy atom. The summed E-state index contributed by atoms with van der Waals surface area (Å²) >= 11 is 3.40. The van der Waals surface area contributed by atoms with Gasteiger partial charge in [-0.25, -0.2) is 4.98 Å². The van der Waals surface area contributed by atoms with E-state index in [1.165, 1.54) is 11.8 Å². The van der Waals surface area contributed by atoms with Crippen molar-refractivity contribution in [3.05, 3.63) is 37.2 Å². The Labute approximate surface area is 133 Å². The van der Waals surface area contributed by atoms with Crippen LogP contribution >= 0.6 is 34.4 Å². The molecule has 0 bridgehead atoms. The molecule has 2 aromatic rings. The average molecular weight is 399 g/mol. The van der Waals surface area contributed by atoms with Crippen molar-refractivity contribution >= 4 is 34.4 Å². The second kappa shape index (κ2) is 5.85. The van der Waals surface area contributed by atoms with Crippen LogP contribution < -0.4 is 5.56 Å². The second-order valence-corrected chi connectivity index (χ2v) is 5.99. The van der Waals surface area contributed by atoms with E-state index in [-0.39, 0.29) is 17.0 Å². The standard InChI is InChI=1S/C13H10IN3O2S/c1-6-3-10(18)7(4-9(6)14)11-8(5-15)12(19)17-13(16-11)20-2/h3-4,18H,1-2H3,(H,16,17,19). The molecule has 20 heavy (non-hydrogen) atoms. The zero-order chi connectivity index (χ0) is 14.9. The number of benzene rings is 1. The number of nitriles is 1. The Balaban J connectivity index is 2.82. The highest BCUT2D eigenvalue weighted by Crippen LogP contribution is 2.32. The van der Waals surface area contributed by atoms with Gasteiger partial charge in [-0.3, -0.25) is 4.79 Å². The number of aryl methyl sites for hydroxylation is 1. The van der Waals surface area contributed by atoms with Gasteiger partial charge in [0.2, 0.25) is 0 Å². The first-order valence-corrected chi connectivity index (χ1v) is 7.86. The topological polar surface area (TPSA) is 89.8 Å². The highest BCUT2D eigenvalue weighted by molar-refractivity contribution is 14.1. The van der Waals surface area contributed by atoms with E-state index < -0.39 is 5.56 Å². The number of halogens is 1. The van der Waals surface area contributed by atoms with Gasteiger partial charge in [0.15, 0.2) is 5.16 Å². The van der Waals surface area contributed by atoms with Crippen LogP contribution in [-0.2, 0) is 0 Å². The molecule has 1 heterocycles. The number of rotatable bonds is 2. The van der Waals surface area contributed by atoms with Crippen LogP contribution in [-0.4, -0.2) is 21.3 Å². The minimum atomic E-state index is -0.503. The molecule has 0 fully saturated rings. The molecule has 7 heteroatoms. The van der Waals surface area contributed by atoms with Crippen LogP contribution in [0.5, 0.6) is 5.75 Å². The molecular formula is C13H10IN3O2S. The predicted molar refractivity (Wildman–Crippen MR) is 85.9 cm³/mol. The summed E-state index contributed by atoms with van der Waals surface area (Å²) < 4.78 is 0.923. The number of hydrogen-bond donors (Lipinski definition) is 2. The predicted octanol–water partition coefficient (Wildman–Crippen LogP) is 2.65. The molecule has 1 aromatic heterocycles. The van der Waals surface area contributed by atoms with Gasteiger partial charge in [0.25, 0.3) is 5.56 Å². The van der Waals surface area contributed by atoms with E-state index in [1.807, 2.05) is 13.0 Å². The van der Waals surface area contributed by atoms with E-state index in [0.717, 1.165) is 9.13 Å². The maximum Gasteiger partial charge on any atom is 0.270 e. The number of phenols is 1. The molecule has 0 atom stereocenters. The summed E-state index contributed by atoms with van der Waals surface area (Å²) in [5, 5.41) is 19.6. The molecule has 0 saturated heterocycles. The van der Waals surface area contributed by atoms with Crippen LogP contribution in [0.25, 0.3) is 11.3 Å². The number of phenolic OH excluding ortho intramolecular Hbond substituents is 1. The Morgan fingerprint density at radius 2 is 2.20 bits per heavy atom. The van der Waals surface area contributed by atoms with Crippen LogP contribution in [0, 0.1) is 21.8 Å². The first-order chi connectivity index (χ1) is 9.47. The van der Waals surface area contributed by atoms with Crippen LogP contribution in [0.15, 0.2) is 22.1 Å². The number of H-pyrrole nitrogens is 1. The Morgan fingerprint density at radius 1 is 1.50 bits per heavy atom. The summed E-state index contributed by atoms with van der Waals surface area (Å²) in [5.74, 6) is 0.00423. The molecular weight excluding hydrogens is 389 g/mol. The Hall–Kier alpha value is -1.53. The van der Waals surface area contributed by atoms with Crippen LogP contribution in [0.2, 0.25) is 0 Å². The lowest BCUT2D eigenvalue weighted by Crippen LogP contribution is -2.14. The summed E-state index contributed by atoms with van der Waals surface area (Å²) in [6, 6.07) is 5.16. The minimum Gasteiger partial charge on any atom is -0.507 e. The van der Waals surface area contributed by atoms with Crippen molar-refractivity contribution in [1.82, 2.24) is 9.97 Å². The van der Waals surface area contributed by atoms with Gasteiger partial charge < -0.3 is 10.1 Å². The summed E-state index contributed by atoms with van der Waals surface area (Å²) in [7, 11) is 0. The fourth-order valence-corrected chi connectivity index (χ4v) is 2.55. The molecule has 2 N–H and O–H groups in total. The lowest BCUT2D eigenvalue weighted by Gasteiger charge is -2.09. The fraction of sp³-hybridized carbons (Fsp3) is 0.154. The summed E-state index contributed by atoms with van der Waals surface area (Å²) in [4.78, 5) is 18.6. The van der Waals surface area contributed by atoms with E-state index in [2.05, 4.69) is 32.6 Å². The molecule has 0 aliphatic rings. The number of nitrogens with one attached hydrogen (secondary N) is 1. The normalized spacial score (nSPS) is 10.3. The Bertz CT molecular complexity index is 780. The maximum absolute atomic E-state index is 11.9. The van der Waals surface area contributed by atoms with Crippen molar-refractivity contribution in [2.24, 2.45) is 0 Å². The van der Waals surface area contributed by atoms with Crippen molar-refractivity contribution in [2.75, 3.05) is 6.26 Å². The van der Waals surface area contributed by atoms with E-state index in [4.69, 9.17) is 5.26 Å². The third-order valence-electron chi connectivity index (χ3n) is 2.73. The molecule has 0 spiro atoms. The third kappa shape index (κ3) is 2.66. The molecule has 0 saturated carbocycles. The van der Waals surface area contributed by atoms with Crippen LogP contribution in [0.3, 0.4) is 0 Å². The quantitative estimate of drug-likeness (QED) is 0.461. The van der Waals surface area contributed by atoms with Crippen LogP contribution in [0.4, 0.5) is 0 Å². The maximum atomic E-state index is 11.9. The van der Waals surface area contributed by atoms with Crippen molar-refractivity contribution in [3.8, 4) is 23.1 Å². The molecule has 0 unspecified atom stereocenters. The molecule has 0 amide bonds. The van der Waals surface area contributed by atoms with Gasteiger partial charge in [-0.05, 0) is 53.5 Å². The highest BCUT2D eigenvalue weighted by Gasteiger charge is 2.17. The van der Waals surface area contributed by atoms with Gasteiger partial charge in [-0.2, -0.15) is 5.26 Å². The second-order valence-electron chi connectivity index (χ2n) is 4.03. The number of hydrogen-bond acceptors (Lipinski definition) is 5. The number of nitrogens with zero attached hydrogens (tertiary/aromatic N) is 2. The van der Waals surface area contributed by atoms with Gasteiger partial charge in [-0.15, -0.1) is 0 Å². The smallest absolute Gasteiger partial charge is 0.270 e. The lowest BCUT2D eigenvalue weighted by atomic mass is 10.0. The van der Waals surface area contributed by atoms with E-state index >= 15 is 0 Å². The van der Waals surface area contributed by atoms with Gasteiger partial charge in [-0.1, -0.05) is 11.8 Å². The molecule has 1 aromatic carbocycles. The van der Waals surface area contributed by atoms with E-state index in [0.29, 0.717) is 10.7 Å². The average Bonchev–Trinajstić information content (AvgIpc) is 2.42. The lowest BCUT2D eigenvalue weighted by molar-refractivity contribution is 0.476. The first kappa shape index (κ1) is 14.9. The van der Waals surface area contributed by atoms with Gasteiger partial charge in [0, 0.05) is 9.13 Å². The molecule has 102 valence electrons. The summed E-state index contributed by atoms with van der Waals surface area (Å²) in [5.41, 5.74) is 0.906. The Kier molecular flexibility index (Phi) is 4.35. The third-order valence-corrected chi connectivity index (χ3v) is 4.48. The summed E-state index contributed by atoms with van der Waals surface area (Å²) in [6.45, 7) is 1.87. The first-order valence-electron chi connectivity index (χ1n) is 5.55. The SMILES string of the molecule is CSc1nc(-c2cc(I)c(C)cc2O)c(C#N)c(=O)[nH]1. The van der Waals surface area contributed by atoms with Gasteiger partial charge in [0.05, 0.1) is 0 Å². The van der Waals surface area contributed by atoms with E-state index in [1.54, 1.807) is 18.4 Å². The monoisotopic (exact) mass is 399 g/mol. The largest absolute Gasteiger partial charge is 0.507 e. The molecule has 0 aliphatic carbocycles. The minimum absolute atomic E-state index is 0.00423. The molecule has 5 nitrogen and oxygen atoms in total.